The number of halogens is 1. The smallest absolute Gasteiger partial charge is 0.169 e. The molecule has 1 aromatic rings. The van der Waals surface area contributed by atoms with Crippen molar-refractivity contribution < 1.29 is 9.52 Å². The van der Waals surface area contributed by atoms with Gasteiger partial charge in [0.25, 0.3) is 0 Å². The number of allylic oxidation sites excluding steroid dienone is 1. The Bertz CT molecular complexity index is 268. The average molecular weight is 245 g/mol. The second-order valence-electron chi connectivity index (χ2n) is 2.88. The van der Waals surface area contributed by atoms with Crippen molar-refractivity contribution in [2.75, 3.05) is 0 Å². The molecular weight excluding hydrogens is 232 g/mol. The van der Waals surface area contributed by atoms with Crippen LogP contribution in [0.15, 0.2) is 33.9 Å². The summed E-state index contributed by atoms with van der Waals surface area (Å²) in [5.74, 6) is 0.621. The standard InChI is InChI=1S/C10H13BrO2/c1-2-3-4-5-8(12)9-6-7-10(11)13-9/h2,6-8,12H,1,3-5H2. The van der Waals surface area contributed by atoms with Crippen LogP contribution >= 0.6 is 15.9 Å². The number of furan rings is 1. The van der Waals surface area contributed by atoms with Crippen molar-refractivity contribution >= 4 is 15.9 Å². The predicted molar refractivity (Wildman–Crippen MR) is 55.4 cm³/mol. The molecule has 13 heavy (non-hydrogen) atoms. The first-order chi connectivity index (χ1) is 6.24. The van der Waals surface area contributed by atoms with Gasteiger partial charge in [-0.15, -0.1) is 6.58 Å². The molecule has 1 unspecified atom stereocenters. The Balaban J connectivity index is 2.39. The fourth-order valence-corrected chi connectivity index (χ4v) is 1.42. The van der Waals surface area contributed by atoms with E-state index < -0.39 is 6.10 Å². The lowest BCUT2D eigenvalue weighted by atomic mass is 10.1. The molecule has 1 N–H and O–H groups in total. The van der Waals surface area contributed by atoms with Crippen LogP contribution in [0.3, 0.4) is 0 Å². The van der Waals surface area contributed by atoms with Crippen LogP contribution in [0.1, 0.15) is 31.1 Å². The van der Waals surface area contributed by atoms with Crippen LogP contribution in [0.2, 0.25) is 0 Å². The molecule has 0 radical (unpaired) electrons. The highest BCUT2D eigenvalue weighted by atomic mass is 79.9. The fourth-order valence-electron chi connectivity index (χ4n) is 1.11. The normalized spacial score (nSPS) is 12.8. The topological polar surface area (TPSA) is 33.4 Å². The van der Waals surface area contributed by atoms with Gasteiger partial charge in [0.15, 0.2) is 4.67 Å². The van der Waals surface area contributed by atoms with E-state index in [4.69, 9.17) is 4.42 Å². The zero-order valence-electron chi connectivity index (χ0n) is 7.37. The molecule has 2 nitrogen and oxygen atoms in total. The van der Waals surface area contributed by atoms with Crippen molar-refractivity contribution in [3.63, 3.8) is 0 Å². The molecule has 3 heteroatoms. The highest BCUT2D eigenvalue weighted by molar-refractivity contribution is 9.10. The maximum atomic E-state index is 9.61. The van der Waals surface area contributed by atoms with Crippen molar-refractivity contribution in [3.05, 3.63) is 35.2 Å². The van der Waals surface area contributed by atoms with E-state index in [1.54, 1.807) is 12.1 Å². The third-order valence-electron chi connectivity index (χ3n) is 1.81. The Kier molecular flexibility index (Phi) is 4.25. The minimum Gasteiger partial charge on any atom is -0.452 e. The molecule has 1 rings (SSSR count). The number of hydrogen-bond acceptors (Lipinski definition) is 2. The van der Waals surface area contributed by atoms with E-state index in [1.807, 2.05) is 6.08 Å². The molecular formula is C10H13BrO2. The van der Waals surface area contributed by atoms with Crippen molar-refractivity contribution in [2.24, 2.45) is 0 Å². The molecule has 0 spiro atoms. The highest BCUT2D eigenvalue weighted by Gasteiger charge is 2.10. The van der Waals surface area contributed by atoms with Gasteiger partial charge in [0.2, 0.25) is 0 Å². The molecule has 0 amide bonds. The van der Waals surface area contributed by atoms with Crippen molar-refractivity contribution in [2.45, 2.75) is 25.4 Å². The SMILES string of the molecule is C=CCCCC(O)c1ccc(Br)o1. The second-order valence-corrected chi connectivity index (χ2v) is 3.66. The van der Waals surface area contributed by atoms with Crippen LogP contribution in [-0.2, 0) is 0 Å². The third kappa shape index (κ3) is 3.36. The Morgan fingerprint density at radius 2 is 2.38 bits per heavy atom. The van der Waals surface area contributed by atoms with Gasteiger partial charge < -0.3 is 9.52 Å². The number of hydrogen-bond donors (Lipinski definition) is 1. The first-order valence-electron chi connectivity index (χ1n) is 4.28. The summed E-state index contributed by atoms with van der Waals surface area (Å²) in [4.78, 5) is 0. The quantitative estimate of drug-likeness (QED) is 0.636. The minimum atomic E-state index is -0.494. The van der Waals surface area contributed by atoms with Gasteiger partial charge in [-0.2, -0.15) is 0 Å². The third-order valence-corrected chi connectivity index (χ3v) is 2.23. The summed E-state index contributed by atoms with van der Waals surface area (Å²) >= 11 is 3.19. The van der Waals surface area contributed by atoms with Crippen molar-refractivity contribution in [1.82, 2.24) is 0 Å². The largest absolute Gasteiger partial charge is 0.452 e. The lowest BCUT2D eigenvalue weighted by Gasteiger charge is -2.05. The minimum absolute atomic E-state index is 0.494. The van der Waals surface area contributed by atoms with Crippen LogP contribution in [0.4, 0.5) is 0 Å². The van der Waals surface area contributed by atoms with E-state index in [0.717, 1.165) is 12.8 Å². The van der Waals surface area contributed by atoms with Crippen LogP contribution in [0.5, 0.6) is 0 Å². The predicted octanol–water partition coefficient (Wildman–Crippen LogP) is 3.43. The van der Waals surface area contributed by atoms with Crippen LogP contribution in [0.25, 0.3) is 0 Å². The van der Waals surface area contributed by atoms with Gasteiger partial charge in [-0.25, -0.2) is 0 Å². The number of unbranched alkanes of at least 4 members (excludes halogenated alkanes) is 1. The molecule has 0 bridgehead atoms. The van der Waals surface area contributed by atoms with E-state index in [9.17, 15) is 5.11 Å². The Labute approximate surface area is 86.4 Å². The van der Waals surface area contributed by atoms with Gasteiger partial charge in [0, 0.05) is 0 Å². The molecule has 0 fully saturated rings. The van der Waals surface area contributed by atoms with Crippen molar-refractivity contribution in [1.29, 1.82) is 0 Å². The Hall–Kier alpha value is -0.540. The molecule has 0 aliphatic heterocycles. The Morgan fingerprint density at radius 1 is 1.62 bits per heavy atom. The van der Waals surface area contributed by atoms with Crippen LogP contribution in [0, 0.1) is 0 Å². The molecule has 0 aromatic carbocycles. The first kappa shape index (κ1) is 10.5. The molecule has 1 heterocycles. The fraction of sp³-hybridized carbons (Fsp3) is 0.400. The van der Waals surface area contributed by atoms with E-state index in [1.165, 1.54) is 0 Å². The summed E-state index contributed by atoms with van der Waals surface area (Å²) in [7, 11) is 0. The average Bonchev–Trinajstić information content (AvgIpc) is 2.52. The van der Waals surface area contributed by atoms with E-state index in [0.29, 0.717) is 16.9 Å². The zero-order chi connectivity index (χ0) is 9.68. The van der Waals surface area contributed by atoms with Gasteiger partial charge in [-0.1, -0.05) is 6.08 Å². The molecule has 0 aliphatic rings. The molecule has 0 aliphatic carbocycles. The van der Waals surface area contributed by atoms with Crippen molar-refractivity contribution in [3.8, 4) is 0 Å². The summed E-state index contributed by atoms with van der Waals surface area (Å²) in [6.45, 7) is 3.62. The highest BCUT2D eigenvalue weighted by Crippen LogP contribution is 2.23. The van der Waals surface area contributed by atoms with Gasteiger partial charge in [0.1, 0.15) is 11.9 Å². The maximum absolute atomic E-state index is 9.61. The maximum Gasteiger partial charge on any atom is 0.169 e. The zero-order valence-corrected chi connectivity index (χ0v) is 8.96. The summed E-state index contributed by atoms with van der Waals surface area (Å²) in [5, 5.41) is 9.61. The van der Waals surface area contributed by atoms with Crippen LogP contribution in [-0.4, -0.2) is 5.11 Å². The number of aliphatic hydroxyl groups excluding tert-OH is 1. The van der Waals surface area contributed by atoms with Gasteiger partial charge in [-0.3, -0.25) is 0 Å². The van der Waals surface area contributed by atoms with Gasteiger partial charge in [0.05, 0.1) is 0 Å². The van der Waals surface area contributed by atoms with E-state index in [-0.39, 0.29) is 0 Å². The number of aliphatic hydroxyl groups is 1. The second kappa shape index (κ2) is 5.25. The van der Waals surface area contributed by atoms with Crippen LogP contribution < -0.4 is 0 Å². The lowest BCUT2D eigenvalue weighted by Crippen LogP contribution is -1.94. The van der Waals surface area contributed by atoms with Gasteiger partial charge in [-0.05, 0) is 47.3 Å². The van der Waals surface area contributed by atoms with E-state index in [2.05, 4.69) is 22.5 Å². The van der Waals surface area contributed by atoms with E-state index >= 15 is 0 Å². The molecule has 1 aromatic heterocycles. The van der Waals surface area contributed by atoms with Gasteiger partial charge >= 0.3 is 0 Å². The Morgan fingerprint density at radius 3 is 2.92 bits per heavy atom. The summed E-state index contributed by atoms with van der Waals surface area (Å²) < 4.78 is 5.87. The molecule has 0 saturated heterocycles. The molecule has 1 atom stereocenters. The first-order valence-corrected chi connectivity index (χ1v) is 5.07. The summed E-state index contributed by atoms with van der Waals surface area (Å²) in [6.07, 6.45) is 3.94. The summed E-state index contributed by atoms with van der Waals surface area (Å²) in [6, 6.07) is 3.56. The lowest BCUT2D eigenvalue weighted by molar-refractivity contribution is 0.137. The molecule has 72 valence electrons. The number of rotatable bonds is 5. The summed E-state index contributed by atoms with van der Waals surface area (Å²) in [5.41, 5.74) is 0. The molecule has 0 saturated carbocycles. The monoisotopic (exact) mass is 244 g/mol.